The molecule has 0 saturated carbocycles. The van der Waals surface area contributed by atoms with Crippen molar-refractivity contribution in [3.63, 3.8) is 0 Å². The fraction of sp³-hybridized carbons (Fsp3) is 0.405. The van der Waals surface area contributed by atoms with Crippen LogP contribution in [0.1, 0.15) is 84.1 Å². The third-order valence-electron chi connectivity index (χ3n) is 7.58. The van der Waals surface area contributed by atoms with Gasteiger partial charge < -0.3 is 30.9 Å². The van der Waals surface area contributed by atoms with Gasteiger partial charge in [0, 0.05) is 40.3 Å². The molecule has 0 amide bonds. The molecule has 0 spiro atoms. The number of hydrogen-bond donors (Lipinski definition) is 3. The van der Waals surface area contributed by atoms with Gasteiger partial charge in [0.25, 0.3) is 0 Å². The summed E-state index contributed by atoms with van der Waals surface area (Å²) in [6.07, 6.45) is 17.2. The van der Waals surface area contributed by atoms with Crippen molar-refractivity contribution >= 4 is 205 Å². The van der Waals surface area contributed by atoms with Crippen molar-refractivity contribution in [2.75, 3.05) is 17.2 Å². The van der Waals surface area contributed by atoms with Crippen LogP contribution in [0.3, 0.4) is 0 Å². The molecule has 0 saturated heterocycles. The van der Waals surface area contributed by atoms with Crippen LogP contribution in [0.5, 0.6) is 0 Å². The van der Waals surface area contributed by atoms with E-state index < -0.39 is 8.07 Å². The Hall–Kier alpha value is 1.02. The van der Waals surface area contributed by atoms with Crippen molar-refractivity contribution in [3.05, 3.63) is 52.3 Å². The Balaban J connectivity index is 0.000000399. The van der Waals surface area contributed by atoms with Crippen LogP contribution < -0.4 is 35.6 Å². The van der Waals surface area contributed by atoms with Gasteiger partial charge in [0.05, 0.1) is 29.2 Å². The van der Waals surface area contributed by atoms with Gasteiger partial charge in [-0.3, -0.25) is 0 Å². The number of terminal acetylenes is 1. The molecule has 0 aliphatic rings. The fourth-order valence-electron chi connectivity index (χ4n) is 4.92. The SMILES string of the molecule is C#Cc1cn(C(C)C)c2ncnc(N)c12.CC(C)n1cc(C#C[Si](C)(C)C)c2c(N)ncnc21.CC(C)n1cc(I)c2c(N)ncnc21.CCC(I)I.[2H][I-]I.[I][V]([I])[I]. The van der Waals surface area contributed by atoms with Crippen LogP contribution in [0.25, 0.3) is 33.1 Å². The first kappa shape index (κ1) is 56.2. The molecule has 0 fully saturated rings. The van der Waals surface area contributed by atoms with Crippen molar-refractivity contribution in [1.82, 2.24) is 43.6 Å². The molecule has 6 aromatic heterocycles. The second kappa shape index (κ2) is 28.8. The third kappa shape index (κ3) is 18.8. The minimum absolute atomic E-state index is 0.190. The molecule has 0 aromatic carbocycles. The fourth-order valence-corrected chi connectivity index (χ4v) is 6.25. The van der Waals surface area contributed by atoms with Gasteiger partial charge in [-0.25, -0.2) is 29.9 Å². The van der Waals surface area contributed by atoms with Crippen LogP contribution in [-0.4, -0.2) is 54.2 Å². The Morgan fingerprint density at radius 1 is 0.729 bits per heavy atom. The molecule has 6 aromatic rings. The zero-order valence-electron chi connectivity index (χ0n) is 35.3. The van der Waals surface area contributed by atoms with Crippen LogP contribution in [0.4, 0.5) is 17.5 Å². The summed E-state index contributed by atoms with van der Waals surface area (Å²) in [6, 6.07) is 0.999. The summed E-state index contributed by atoms with van der Waals surface area (Å²) >= 11 is 16.3. The second-order valence-corrected chi connectivity index (χ2v) is 60.7. The number of alkyl halides is 2. The van der Waals surface area contributed by atoms with E-state index in [0.29, 0.717) is 35.6 Å². The monoisotopic (exact) mass is 1760 g/mol. The van der Waals surface area contributed by atoms with Crippen LogP contribution in [-0.2, 0) is 4.92 Å². The predicted octanol–water partition coefficient (Wildman–Crippen LogP) is 9.47. The van der Waals surface area contributed by atoms with Crippen LogP contribution in [0.15, 0.2) is 37.6 Å². The van der Waals surface area contributed by atoms with E-state index in [1.807, 2.05) is 17.0 Å². The Morgan fingerprint density at radius 3 is 1.39 bits per heavy atom. The number of nitrogens with two attached hydrogens (primary N) is 3. The number of anilines is 3. The summed E-state index contributed by atoms with van der Waals surface area (Å²) < 4.78 is 14.4. The number of aromatic nitrogens is 9. The zero-order valence-corrected chi connectivity index (χ0v) is 53.9. The van der Waals surface area contributed by atoms with Gasteiger partial charge in [-0.1, -0.05) is 83.6 Å². The first-order valence-corrected chi connectivity index (χ1v) is 44.6. The van der Waals surface area contributed by atoms with Gasteiger partial charge in [0.1, 0.15) is 61.5 Å². The summed E-state index contributed by atoms with van der Waals surface area (Å²) in [7, 11) is -1.41. The van der Waals surface area contributed by atoms with Crippen LogP contribution in [0.2, 0.25) is 19.6 Å². The maximum atomic E-state index is 6.30. The summed E-state index contributed by atoms with van der Waals surface area (Å²) in [6.45, 7) is 21.5. The molecular weight excluding hydrogens is 1710 g/mol. The number of nitrogens with zero attached hydrogens (tertiary/aromatic N) is 9. The Labute approximate surface area is 452 Å². The normalized spacial score (nSPS) is 11.0. The molecule has 22 heteroatoms. The third-order valence-corrected chi connectivity index (χ3v) is 11.0. The molecule has 0 bridgehead atoms. The van der Waals surface area contributed by atoms with Crippen LogP contribution in [0, 0.1) is 27.4 Å². The van der Waals surface area contributed by atoms with Crippen molar-refractivity contribution in [1.29, 1.82) is 0.594 Å². The van der Waals surface area contributed by atoms with E-state index in [4.69, 9.17) is 24.2 Å². The Bertz CT molecular complexity index is 2360. The molecule has 12 nitrogen and oxygen atoms in total. The number of nitrogen functional groups attached to an aromatic ring is 3. The summed E-state index contributed by atoms with van der Waals surface area (Å²) in [5, 5.41) is 2.61. The molecular formula is C37H50I8N12SiV-. The van der Waals surface area contributed by atoms with E-state index in [9.17, 15) is 0 Å². The van der Waals surface area contributed by atoms with Gasteiger partial charge in [-0.2, -0.15) is 0 Å². The van der Waals surface area contributed by atoms with Gasteiger partial charge in [0.2, 0.25) is 0 Å². The zero-order chi connectivity index (χ0) is 46.1. The van der Waals surface area contributed by atoms with E-state index in [2.05, 4.69) is 277 Å². The molecule has 0 aliphatic heterocycles. The topological polar surface area (TPSA) is 170 Å². The van der Waals surface area contributed by atoms with Gasteiger partial charge in [-0.05, 0) is 70.6 Å². The molecule has 59 heavy (non-hydrogen) atoms. The standard InChI is InChI=1S/C14H20N4Si.C11H12N4.C9H11IN4.C3H6I2.HI2.3HI.V/c1-10(2)18-8-11(6-7-19(3,4)5)12-13(15)16-9-17-14(12)18;1-4-8-5-15(7(2)3)11-9(8)10(12)13-6-14-11;1-5(2)14-3-6(10)7-8(11)12-4-13-9(7)14;1-2-3(4)5;1-2;;;;/h8-10H,1-5H3,(H2,15,16,17);1,5-7H,2-3H3,(H2,12,13,14);3-5H,1-2H3,(H2,11,12,13);3H,2H2,1H3;1H;3*1H;/q;;;;-1;;;;+3/p-3/i;;;;1D;;;;. The maximum absolute atomic E-state index is 6.30. The first-order valence-electron chi connectivity index (χ1n) is 18.1. The average Bonchev–Trinajstić information content (AvgIpc) is 3.84. The number of rotatable bonds is 4. The number of hydrogen-bond acceptors (Lipinski definition) is 9. The molecule has 0 aliphatic carbocycles. The first-order chi connectivity index (χ1) is 28.0. The minimum atomic E-state index is -1.41. The van der Waals surface area contributed by atoms with E-state index in [1.54, 1.807) is 0 Å². The van der Waals surface area contributed by atoms with Gasteiger partial charge >= 0.3 is 102 Å². The van der Waals surface area contributed by atoms with Crippen molar-refractivity contribution in [3.8, 4) is 23.8 Å². The van der Waals surface area contributed by atoms with E-state index >= 15 is 0 Å². The van der Waals surface area contributed by atoms with Crippen LogP contribution >= 0.6 is 146 Å². The molecule has 0 radical (unpaired) electrons. The molecule has 324 valence electrons. The summed E-state index contributed by atoms with van der Waals surface area (Å²) in [5.41, 5.74) is 25.2. The Morgan fingerprint density at radius 2 is 1.05 bits per heavy atom. The molecule has 6 heterocycles. The van der Waals surface area contributed by atoms with Crippen molar-refractivity contribution in [2.45, 2.75) is 94.6 Å². The van der Waals surface area contributed by atoms with Crippen molar-refractivity contribution < 1.29 is 23.3 Å². The van der Waals surface area contributed by atoms with E-state index in [-0.39, 0.29) is 23.3 Å². The molecule has 6 rings (SSSR count). The molecule has 6 N–H and O–H groups in total. The summed E-state index contributed by atoms with van der Waals surface area (Å²) in [5.74, 6) is 7.38. The van der Waals surface area contributed by atoms with E-state index in [1.165, 1.54) is 25.4 Å². The van der Waals surface area contributed by atoms with Crippen molar-refractivity contribution in [2.24, 2.45) is 0 Å². The second-order valence-electron chi connectivity index (χ2n) is 14.1. The van der Waals surface area contributed by atoms with E-state index in [0.717, 1.165) is 49.7 Å². The molecule has 0 unspecified atom stereocenters. The van der Waals surface area contributed by atoms with Gasteiger partial charge in [-0.15, -0.1) is 12.0 Å². The predicted molar refractivity (Wildman–Crippen MR) is 307 cm³/mol. The summed E-state index contributed by atoms with van der Waals surface area (Å²) in [4.78, 5) is 24.5. The average molecular weight is 1760 g/mol. The Kier molecular flexibility index (Phi) is 27.4. The van der Waals surface area contributed by atoms with Gasteiger partial charge in [0.15, 0.2) is 0 Å². The quantitative estimate of drug-likeness (QED) is 0.0674. The number of fused-ring (bicyclic) bond motifs is 3. The molecule has 0 atom stereocenters. The number of halogens is 8.